The predicted octanol–water partition coefficient (Wildman–Crippen LogP) is 2.45. The first-order valence-corrected chi connectivity index (χ1v) is 5.92. The summed E-state index contributed by atoms with van der Waals surface area (Å²) in [6, 6.07) is 7.16. The molecule has 0 N–H and O–H groups in total. The summed E-state index contributed by atoms with van der Waals surface area (Å²) in [6.07, 6.45) is 3.60. The van der Waals surface area contributed by atoms with Gasteiger partial charge in [0.1, 0.15) is 0 Å². The number of benzene rings is 1. The van der Waals surface area contributed by atoms with Crippen LogP contribution in [-0.2, 0) is 12.8 Å². The van der Waals surface area contributed by atoms with Gasteiger partial charge in [0.25, 0.3) is 0 Å². The normalized spacial score (nSPS) is 20.1. The van der Waals surface area contributed by atoms with Crippen LogP contribution in [0.25, 0.3) is 0 Å². The van der Waals surface area contributed by atoms with E-state index >= 15 is 0 Å². The Morgan fingerprint density at radius 3 is 2.87 bits per heavy atom. The third-order valence-electron chi connectivity index (χ3n) is 3.35. The molecule has 2 rings (SSSR count). The molecule has 0 aromatic heterocycles. The maximum atomic E-state index is 5.07. The molecule has 1 atom stereocenters. The third kappa shape index (κ3) is 2.11. The molecule has 0 heterocycles. The van der Waals surface area contributed by atoms with Crippen LogP contribution in [0.1, 0.15) is 23.1 Å². The van der Waals surface area contributed by atoms with Crippen molar-refractivity contribution in [1.82, 2.24) is 4.90 Å². The second-order valence-electron chi connectivity index (χ2n) is 4.46. The van der Waals surface area contributed by atoms with Gasteiger partial charge in [-0.25, -0.2) is 0 Å². The SMILES string of the molecule is CN(C)C1CCc2cccc(C=S)c2C1. The Morgan fingerprint density at radius 1 is 1.40 bits per heavy atom. The van der Waals surface area contributed by atoms with Crippen molar-refractivity contribution in [3.05, 3.63) is 34.9 Å². The summed E-state index contributed by atoms with van der Waals surface area (Å²) in [7, 11) is 4.32. The Bertz CT molecular complexity index is 371. The number of hydrogen-bond donors (Lipinski definition) is 0. The van der Waals surface area contributed by atoms with Crippen molar-refractivity contribution < 1.29 is 0 Å². The van der Waals surface area contributed by atoms with E-state index < -0.39 is 0 Å². The van der Waals surface area contributed by atoms with E-state index in [1.54, 1.807) is 0 Å². The lowest BCUT2D eigenvalue weighted by molar-refractivity contribution is 0.268. The molecule has 1 unspecified atom stereocenters. The summed E-state index contributed by atoms with van der Waals surface area (Å²) in [5, 5.41) is 1.82. The Kier molecular flexibility index (Phi) is 3.17. The van der Waals surface area contributed by atoms with Crippen LogP contribution >= 0.6 is 12.2 Å². The zero-order valence-corrected chi connectivity index (χ0v) is 10.2. The van der Waals surface area contributed by atoms with Crippen molar-refractivity contribution in [1.29, 1.82) is 0 Å². The van der Waals surface area contributed by atoms with E-state index in [0.29, 0.717) is 6.04 Å². The minimum atomic E-state index is 0.675. The van der Waals surface area contributed by atoms with Crippen molar-refractivity contribution in [3.8, 4) is 0 Å². The number of thiocarbonyl (C=S) groups is 1. The van der Waals surface area contributed by atoms with Crippen molar-refractivity contribution in [3.63, 3.8) is 0 Å². The molecule has 2 heteroatoms. The Labute approximate surface area is 97.1 Å². The highest BCUT2D eigenvalue weighted by Gasteiger charge is 2.21. The maximum Gasteiger partial charge on any atom is 0.0133 e. The first-order chi connectivity index (χ1) is 7.22. The van der Waals surface area contributed by atoms with Gasteiger partial charge in [0.2, 0.25) is 0 Å². The van der Waals surface area contributed by atoms with Crippen LogP contribution in [0.2, 0.25) is 0 Å². The van der Waals surface area contributed by atoms with Gasteiger partial charge in [-0.2, -0.15) is 0 Å². The van der Waals surface area contributed by atoms with E-state index in [4.69, 9.17) is 12.2 Å². The van der Waals surface area contributed by atoms with Gasteiger partial charge < -0.3 is 4.90 Å². The number of likely N-dealkylation sites (N-methyl/N-ethyl adjacent to an activating group) is 1. The highest BCUT2D eigenvalue weighted by molar-refractivity contribution is 7.79. The van der Waals surface area contributed by atoms with Gasteiger partial charge >= 0.3 is 0 Å². The smallest absolute Gasteiger partial charge is 0.0133 e. The largest absolute Gasteiger partial charge is 0.306 e. The van der Waals surface area contributed by atoms with E-state index in [-0.39, 0.29) is 0 Å². The van der Waals surface area contributed by atoms with Gasteiger partial charge in [0.05, 0.1) is 0 Å². The molecule has 0 fully saturated rings. The van der Waals surface area contributed by atoms with Crippen LogP contribution in [0, 0.1) is 0 Å². The summed E-state index contributed by atoms with van der Waals surface area (Å²) in [5.74, 6) is 0. The van der Waals surface area contributed by atoms with Gasteiger partial charge in [0, 0.05) is 11.4 Å². The second kappa shape index (κ2) is 4.42. The lowest BCUT2D eigenvalue weighted by Gasteiger charge is -2.30. The van der Waals surface area contributed by atoms with Crippen molar-refractivity contribution >= 4 is 17.6 Å². The highest BCUT2D eigenvalue weighted by atomic mass is 32.1. The summed E-state index contributed by atoms with van der Waals surface area (Å²) >= 11 is 5.07. The molecule has 0 radical (unpaired) electrons. The molecular formula is C13H17NS. The molecule has 0 amide bonds. The summed E-state index contributed by atoms with van der Waals surface area (Å²) in [5.41, 5.74) is 4.21. The van der Waals surface area contributed by atoms with Crippen LogP contribution in [0.15, 0.2) is 18.2 Å². The van der Waals surface area contributed by atoms with Gasteiger partial charge in [-0.05, 0) is 50.0 Å². The molecule has 1 aromatic rings. The van der Waals surface area contributed by atoms with Crippen molar-refractivity contribution in [2.45, 2.75) is 25.3 Å². The number of hydrogen-bond acceptors (Lipinski definition) is 2. The Morgan fingerprint density at radius 2 is 2.20 bits per heavy atom. The maximum absolute atomic E-state index is 5.07. The van der Waals surface area contributed by atoms with Gasteiger partial charge in [0.15, 0.2) is 0 Å². The van der Waals surface area contributed by atoms with Crippen LogP contribution < -0.4 is 0 Å². The molecule has 15 heavy (non-hydrogen) atoms. The monoisotopic (exact) mass is 219 g/mol. The second-order valence-corrected chi connectivity index (χ2v) is 4.70. The van der Waals surface area contributed by atoms with Gasteiger partial charge in [-0.15, -0.1) is 0 Å². The molecular weight excluding hydrogens is 202 g/mol. The number of aryl methyl sites for hydroxylation is 1. The summed E-state index contributed by atoms with van der Waals surface area (Å²) in [4.78, 5) is 2.32. The quantitative estimate of drug-likeness (QED) is 0.703. The molecule has 80 valence electrons. The van der Waals surface area contributed by atoms with Crippen molar-refractivity contribution in [2.75, 3.05) is 14.1 Å². The minimum absolute atomic E-state index is 0.675. The molecule has 1 aliphatic rings. The van der Waals surface area contributed by atoms with E-state index in [0.717, 1.165) is 6.42 Å². The van der Waals surface area contributed by atoms with Gasteiger partial charge in [-0.1, -0.05) is 30.4 Å². The zero-order chi connectivity index (χ0) is 10.8. The summed E-state index contributed by atoms with van der Waals surface area (Å²) < 4.78 is 0. The highest BCUT2D eigenvalue weighted by Crippen LogP contribution is 2.25. The molecule has 1 nitrogen and oxygen atoms in total. The first-order valence-electron chi connectivity index (χ1n) is 5.44. The molecule has 1 aromatic carbocycles. The number of fused-ring (bicyclic) bond motifs is 1. The molecule has 0 spiro atoms. The molecule has 0 saturated carbocycles. The van der Waals surface area contributed by atoms with Crippen LogP contribution in [0.4, 0.5) is 0 Å². The van der Waals surface area contributed by atoms with Crippen LogP contribution in [0.5, 0.6) is 0 Å². The van der Waals surface area contributed by atoms with E-state index in [2.05, 4.69) is 37.2 Å². The predicted molar refractivity (Wildman–Crippen MR) is 68.7 cm³/mol. The third-order valence-corrected chi connectivity index (χ3v) is 3.61. The Balaban J connectivity index is 2.34. The summed E-state index contributed by atoms with van der Waals surface area (Å²) in [6.45, 7) is 0. The van der Waals surface area contributed by atoms with E-state index in [1.807, 2.05) is 5.37 Å². The minimum Gasteiger partial charge on any atom is -0.306 e. The molecule has 1 aliphatic carbocycles. The number of nitrogens with zero attached hydrogens (tertiary/aromatic N) is 1. The number of rotatable bonds is 2. The van der Waals surface area contributed by atoms with Gasteiger partial charge in [-0.3, -0.25) is 0 Å². The lowest BCUT2D eigenvalue weighted by atomic mass is 9.85. The zero-order valence-electron chi connectivity index (χ0n) is 9.36. The molecule has 0 bridgehead atoms. The van der Waals surface area contributed by atoms with Crippen molar-refractivity contribution in [2.24, 2.45) is 0 Å². The Hall–Kier alpha value is -0.730. The standard InChI is InChI=1S/C13H17NS/c1-14(2)12-7-6-10-4-3-5-11(9-15)13(10)8-12/h3-5,9,12H,6-8H2,1-2H3. The van der Waals surface area contributed by atoms with E-state index in [9.17, 15) is 0 Å². The molecule has 0 saturated heterocycles. The lowest BCUT2D eigenvalue weighted by Crippen LogP contribution is -2.33. The van der Waals surface area contributed by atoms with Crippen LogP contribution in [0.3, 0.4) is 0 Å². The molecule has 0 aliphatic heterocycles. The topological polar surface area (TPSA) is 3.24 Å². The fourth-order valence-corrected chi connectivity index (χ4v) is 2.57. The van der Waals surface area contributed by atoms with Crippen LogP contribution in [-0.4, -0.2) is 30.4 Å². The first kappa shape index (κ1) is 10.8. The average molecular weight is 219 g/mol. The average Bonchev–Trinajstić information content (AvgIpc) is 2.27. The fourth-order valence-electron chi connectivity index (χ4n) is 2.35. The van der Waals surface area contributed by atoms with E-state index in [1.165, 1.54) is 29.5 Å². The fraction of sp³-hybridized carbons (Fsp3) is 0.462.